The molecule has 0 fully saturated rings. The fourth-order valence-corrected chi connectivity index (χ4v) is 8.55. The molecule has 0 bridgehead atoms. The molecule has 270 valence electrons. The van der Waals surface area contributed by atoms with Crippen LogP contribution in [0.25, 0.3) is 6.08 Å². The molecule has 11 heteroatoms. The molecule has 1 heterocycles. The van der Waals surface area contributed by atoms with Gasteiger partial charge in [0, 0.05) is 26.0 Å². The molecule has 53 heavy (non-hydrogen) atoms. The number of hydrogen-bond acceptors (Lipinski definition) is 7. The van der Waals surface area contributed by atoms with Gasteiger partial charge in [0.1, 0.15) is 15.9 Å². The van der Waals surface area contributed by atoms with Crippen molar-refractivity contribution in [1.29, 1.82) is 0 Å². The molecule has 1 aliphatic carbocycles. The van der Waals surface area contributed by atoms with E-state index in [1.54, 1.807) is 79.7 Å². The highest BCUT2D eigenvalue weighted by Gasteiger charge is 2.30. The molecule has 0 saturated heterocycles. The molecule has 1 atom stereocenters. The summed E-state index contributed by atoms with van der Waals surface area (Å²) < 4.78 is 5.44. The Morgan fingerprint density at radius 3 is 2.32 bits per heavy atom. The Hall–Kier alpha value is -5.16. The SMILES string of the molecule is CCOC(=O)c1c(NC(=O)C(Sc2cccc(NC(=O)/C(=C\c3ccccc3Cl)NC(=O)c3ccccc3)c2)c2ccccc2)sc2c1CCCCC2. The predicted octanol–water partition coefficient (Wildman–Crippen LogP) is 9.73. The summed E-state index contributed by atoms with van der Waals surface area (Å²) in [5, 5.41) is 8.97. The third-order valence-electron chi connectivity index (χ3n) is 8.56. The molecule has 0 spiro atoms. The molecule has 3 amide bonds. The topological polar surface area (TPSA) is 114 Å². The van der Waals surface area contributed by atoms with Gasteiger partial charge >= 0.3 is 5.97 Å². The number of ether oxygens (including phenoxy) is 1. The van der Waals surface area contributed by atoms with Gasteiger partial charge in [-0.15, -0.1) is 23.1 Å². The molecular formula is C42H38ClN3O5S2. The number of halogens is 1. The minimum Gasteiger partial charge on any atom is -0.462 e. The highest BCUT2D eigenvalue weighted by Crippen LogP contribution is 2.41. The first-order valence-electron chi connectivity index (χ1n) is 17.4. The maximum atomic E-state index is 14.2. The van der Waals surface area contributed by atoms with E-state index in [0.717, 1.165) is 48.1 Å². The number of esters is 1. The number of fused-ring (bicyclic) bond motifs is 1. The van der Waals surface area contributed by atoms with Gasteiger partial charge in [-0.25, -0.2) is 4.79 Å². The number of amides is 3. The smallest absolute Gasteiger partial charge is 0.341 e. The van der Waals surface area contributed by atoms with Crippen molar-refractivity contribution < 1.29 is 23.9 Å². The molecule has 6 rings (SSSR count). The fourth-order valence-electron chi connectivity index (χ4n) is 6.00. The summed E-state index contributed by atoms with van der Waals surface area (Å²) in [7, 11) is 0. The summed E-state index contributed by atoms with van der Waals surface area (Å²) in [5.74, 6) is -1.71. The number of anilines is 2. The Kier molecular flexibility index (Phi) is 12.8. The van der Waals surface area contributed by atoms with Crippen molar-refractivity contribution in [2.45, 2.75) is 49.2 Å². The molecule has 0 aliphatic heterocycles. The first kappa shape index (κ1) is 37.6. The highest BCUT2D eigenvalue weighted by molar-refractivity contribution is 8.00. The van der Waals surface area contributed by atoms with Gasteiger partial charge in [0.2, 0.25) is 5.91 Å². The molecule has 3 N–H and O–H groups in total. The van der Waals surface area contributed by atoms with Crippen LogP contribution in [0, 0.1) is 0 Å². The summed E-state index contributed by atoms with van der Waals surface area (Å²) in [6.07, 6.45) is 6.28. The third-order valence-corrected chi connectivity index (χ3v) is 11.4. The number of thioether (sulfide) groups is 1. The van der Waals surface area contributed by atoms with E-state index in [9.17, 15) is 19.2 Å². The fraction of sp³-hybridized carbons (Fsp3) is 0.190. The second kappa shape index (κ2) is 18.1. The van der Waals surface area contributed by atoms with Crippen LogP contribution in [-0.2, 0) is 27.2 Å². The molecule has 0 radical (unpaired) electrons. The lowest BCUT2D eigenvalue weighted by Gasteiger charge is -2.18. The Morgan fingerprint density at radius 1 is 0.849 bits per heavy atom. The van der Waals surface area contributed by atoms with E-state index in [4.69, 9.17) is 16.3 Å². The van der Waals surface area contributed by atoms with E-state index in [-0.39, 0.29) is 18.2 Å². The first-order chi connectivity index (χ1) is 25.8. The molecule has 1 aromatic heterocycles. The predicted molar refractivity (Wildman–Crippen MR) is 214 cm³/mol. The molecular weight excluding hydrogens is 726 g/mol. The molecule has 5 aromatic rings. The Morgan fingerprint density at radius 2 is 1.57 bits per heavy atom. The first-order valence-corrected chi connectivity index (χ1v) is 19.5. The lowest BCUT2D eigenvalue weighted by Crippen LogP contribution is -2.30. The summed E-state index contributed by atoms with van der Waals surface area (Å²) in [4.78, 5) is 56.1. The summed E-state index contributed by atoms with van der Waals surface area (Å²) in [6.45, 7) is 2.01. The van der Waals surface area contributed by atoms with E-state index >= 15 is 0 Å². The number of nitrogens with one attached hydrogen (secondary N) is 3. The maximum Gasteiger partial charge on any atom is 0.341 e. The number of hydrogen-bond donors (Lipinski definition) is 3. The minimum atomic E-state index is -0.694. The molecule has 8 nitrogen and oxygen atoms in total. The zero-order valence-electron chi connectivity index (χ0n) is 29.0. The summed E-state index contributed by atoms with van der Waals surface area (Å²) >= 11 is 9.18. The number of carbonyl (C=O) groups is 4. The Bertz CT molecular complexity index is 2140. The van der Waals surface area contributed by atoms with Crippen molar-refractivity contribution in [3.05, 3.63) is 153 Å². The molecule has 1 unspecified atom stereocenters. The van der Waals surface area contributed by atoms with E-state index < -0.39 is 23.0 Å². The Balaban J connectivity index is 1.25. The number of carbonyl (C=O) groups excluding carboxylic acids is 4. The quantitative estimate of drug-likeness (QED) is 0.0505. The lowest BCUT2D eigenvalue weighted by atomic mass is 10.1. The molecule has 4 aromatic carbocycles. The van der Waals surface area contributed by atoms with Gasteiger partial charge in [-0.05, 0) is 91.8 Å². The van der Waals surface area contributed by atoms with Gasteiger partial charge in [0.15, 0.2) is 0 Å². The highest BCUT2D eigenvalue weighted by atomic mass is 35.5. The van der Waals surface area contributed by atoms with Crippen molar-refractivity contribution in [2.24, 2.45) is 0 Å². The zero-order chi connectivity index (χ0) is 37.2. The van der Waals surface area contributed by atoms with Crippen molar-refractivity contribution in [2.75, 3.05) is 17.2 Å². The van der Waals surface area contributed by atoms with Crippen molar-refractivity contribution in [3.63, 3.8) is 0 Å². The van der Waals surface area contributed by atoms with Crippen LogP contribution in [0.3, 0.4) is 0 Å². The van der Waals surface area contributed by atoms with Crippen LogP contribution in [0.2, 0.25) is 5.02 Å². The largest absolute Gasteiger partial charge is 0.462 e. The third kappa shape index (κ3) is 9.64. The van der Waals surface area contributed by atoms with E-state index in [1.807, 2.05) is 36.4 Å². The van der Waals surface area contributed by atoms with Crippen LogP contribution in [0.4, 0.5) is 10.7 Å². The second-order valence-corrected chi connectivity index (χ2v) is 15.0. The van der Waals surface area contributed by atoms with Crippen LogP contribution in [-0.4, -0.2) is 30.3 Å². The van der Waals surface area contributed by atoms with Gasteiger partial charge in [-0.3, -0.25) is 14.4 Å². The van der Waals surface area contributed by atoms with Crippen LogP contribution in [0.1, 0.15) is 73.7 Å². The zero-order valence-corrected chi connectivity index (χ0v) is 31.4. The second-order valence-electron chi connectivity index (χ2n) is 12.3. The van der Waals surface area contributed by atoms with Gasteiger partial charge in [0.05, 0.1) is 12.2 Å². The summed E-state index contributed by atoms with van der Waals surface area (Å²) in [5.41, 5.74) is 3.62. The van der Waals surface area contributed by atoms with Gasteiger partial charge < -0.3 is 20.7 Å². The molecule has 1 aliphatic rings. The van der Waals surface area contributed by atoms with Crippen LogP contribution in [0.5, 0.6) is 0 Å². The van der Waals surface area contributed by atoms with E-state index in [0.29, 0.717) is 37.3 Å². The van der Waals surface area contributed by atoms with E-state index in [2.05, 4.69) is 16.0 Å². The summed E-state index contributed by atoms with van der Waals surface area (Å²) in [6, 6.07) is 32.2. The molecule has 0 saturated carbocycles. The van der Waals surface area contributed by atoms with Gasteiger partial charge in [-0.1, -0.05) is 90.8 Å². The number of rotatable bonds is 12. The number of benzene rings is 4. The number of aryl methyl sites for hydroxylation is 1. The van der Waals surface area contributed by atoms with Gasteiger partial charge in [0.25, 0.3) is 11.8 Å². The average molecular weight is 764 g/mol. The van der Waals surface area contributed by atoms with Crippen LogP contribution >= 0.6 is 34.7 Å². The lowest BCUT2D eigenvalue weighted by molar-refractivity contribution is -0.116. The van der Waals surface area contributed by atoms with Crippen molar-refractivity contribution in [1.82, 2.24) is 5.32 Å². The number of thiophene rings is 1. The van der Waals surface area contributed by atoms with E-state index in [1.165, 1.54) is 29.2 Å². The normalized spacial score (nSPS) is 13.2. The van der Waals surface area contributed by atoms with Crippen LogP contribution < -0.4 is 16.0 Å². The maximum absolute atomic E-state index is 14.2. The van der Waals surface area contributed by atoms with Gasteiger partial charge in [-0.2, -0.15) is 0 Å². The monoisotopic (exact) mass is 763 g/mol. The Labute approximate surface area is 322 Å². The standard InChI is InChI=1S/C42H38ClN3O5S2/c1-2-51-42(50)36-32-22-10-5-11-24-35(32)53-41(36)46-40(49)37(27-15-6-3-7-16-27)52-31-21-14-20-30(26-31)44-39(48)34(25-29-19-12-13-23-33(29)43)45-38(47)28-17-8-4-9-18-28/h3-4,6-9,12-21,23,25-26,37H,2,5,10-11,22,24H2,1H3,(H,44,48)(H,45,47)(H,46,49)/b34-25+. The average Bonchev–Trinajstić information content (AvgIpc) is 3.34. The van der Waals surface area contributed by atoms with Crippen molar-refractivity contribution >= 4 is 75.2 Å². The van der Waals surface area contributed by atoms with Crippen molar-refractivity contribution in [3.8, 4) is 0 Å². The minimum absolute atomic E-state index is 0.00157. The van der Waals surface area contributed by atoms with Crippen LogP contribution in [0.15, 0.2) is 120 Å².